The summed E-state index contributed by atoms with van der Waals surface area (Å²) >= 11 is 6.46. The Balaban J connectivity index is 2.19. The van der Waals surface area contributed by atoms with E-state index in [2.05, 4.69) is 26.0 Å². The molecule has 0 aliphatic heterocycles. The highest BCUT2D eigenvalue weighted by Crippen LogP contribution is 2.39. The van der Waals surface area contributed by atoms with E-state index < -0.39 is 0 Å². The average molecular weight is 335 g/mol. The molecule has 2 aromatic carbocycles. The molecule has 0 radical (unpaired) electrons. The summed E-state index contributed by atoms with van der Waals surface area (Å²) in [4.78, 5) is 0. The van der Waals surface area contributed by atoms with Crippen LogP contribution in [0.15, 0.2) is 30.3 Å². The number of halogens is 1. The molecule has 0 unspecified atom stereocenters. The summed E-state index contributed by atoms with van der Waals surface area (Å²) in [6, 6.07) is 10.1. The fraction of sp³-hybridized carbons (Fsp3) is 0.500. The molecular weight excluding hydrogens is 308 g/mol. The minimum Gasteiger partial charge on any atom is -0.493 e. The van der Waals surface area contributed by atoms with Crippen LogP contribution in [0.3, 0.4) is 0 Å². The van der Waals surface area contributed by atoms with Gasteiger partial charge in [0.1, 0.15) is 11.5 Å². The van der Waals surface area contributed by atoms with Gasteiger partial charge in [0.15, 0.2) is 0 Å². The summed E-state index contributed by atoms with van der Waals surface area (Å²) in [5, 5.41) is 2.73. The molecule has 126 valence electrons. The van der Waals surface area contributed by atoms with Gasteiger partial charge in [-0.1, -0.05) is 75.4 Å². The lowest BCUT2D eigenvalue weighted by Gasteiger charge is -2.15. The van der Waals surface area contributed by atoms with Gasteiger partial charge in [-0.25, -0.2) is 0 Å². The van der Waals surface area contributed by atoms with Crippen LogP contribution < -0.4 is 9.47 Å². The first kappa shape index (κ1) is 17.9. The van der Waals surface area contributed by atoms with Gasteiger partial charge in [-0.05, 0) is 12.8 Å². The third kappa shape index (κ3) is 5.04. The van der Waals surface area contributed by atoms with E-state index in [1.54, 1.807) is 0 Å². The predicted molar refractivity (Wildman–Crippen MR) is 99.0 cm³/mol. The monoisotopic (exact) mass is 334 g/mol. The van der Waals surface area contributed by atoms with Gasteiger partial charge >= 0.3 is 0 Å². The van der Waals surface area contributed by atoms with Crippen molar-refractivity contribution in [1.29, 1.82) is 0 Å². The molecule has 0 heterocycles. The van der Waals surface area contributed by atoms with Crippen molar-refractivity contribution >= 4 is 22.4 Å². The molecule has 2 aromatic rings. The first-order valence-corrected chi connectivity index (χ1v) is 9.12. The van der Waals surface area contributed by atoms with Crippen LogP contribution in [-0.2, 0) is 0 Å². The molecular formula is C20H27ClO2. The van der Waals surface area contributed by atoms with Crippen LogP contribution in [0.4, 0.5) is 0 Å². The van der Waals surface area contributed by atoms with Crippen molar-refractivity contribution in [3.05, 3.63) is 35.4 Å². The van der Waals surface area contributed by atoms with E-state index >= 15 is 0 Å². The van der Waals surface area contributed by atoms with Crippen LogP contribution in [0, 0.1) is 0 Å². The average Bonchev–Trinajstić information content (AvgIpc) is 2.57. The third-order valence-electron chi connectivity index (χ3n) is 3.91. The zero-order valence-corrected chi connectivity index (χ0v) is 15.0. The molecule has 2 nitrogen and oxygen atoms in total. The van der Waals surface area contributed by atoms with Crippen molar-refractivity contribution in [2.75, 3.05) is 13.2 Å². The molecule has 23 heavy (non-hydrogen) atoms. The first-order chi connectivity index (χ1) is 11.3. The number of benzene rings is 2. The Hall–Kier alpha value is -1.41. The highest BCUT2D eigenvalue weighted by Gasteiger charge is 2.13. The van der Waals surface area contributed by atoms with Gasteiger partial charge in [0, 0.05) is 16.8 Å². The largest absolute Gasteiger partial charge is 0.493 e. The van der Waals surface area contributed by atoms with Crippen molar-refractivity contribution in [3.8, 4) is 11.5 Å². The Morgan fingerprint density at radius 2 is 1.43 bits per heavy atom. The van der Waals surface area contributed by atoms with E-state index in [0.29, 0.717) is 11.6 Å². The third-order valence-corrected chi connectivity index (χ3v) is 4.19. The van der Waals surface area contributed by atoms with Gasteiger partial charge < -0.3 is 9.47 Å². The number of fused-ring (bicyclic) bond motifs is 1. The molecule has 0 N–H and O–H groups in total. The second-order valence-corrected chi connectivity index (χ2v) is 6.25. The summed E-state index contributed by atoms with van der Waals surface area (Å²) in [6.07, 6.45) is 6.85. The maximum Gasteiger partial charge on any atom is 0.145 e. The molecule has 3 heteroatoms. The topological polar surface area (TPSA) is 18.5 Å². The molecule has 0 spiro atoms. The SMILES string of the molecule is CCCCCOc1cc(Cl)c(OCCCCC)c2ccccc12. The lowest BCUT2D eigenvalue weighted by atomic mass is 10.1. The summed E-state index contributed by atoms with van der Waals surface area (Å²) in [5.74, 6) is 1.63. The van der Waals surface area contributed by atoms with Crippen molar-refractivity contribution < 1.29 is 9.47 Å². The summed E-state index contributed by atoms with van der Waals surface area (Å²) < 4.78 is 11.9. The van der Waals surface area contributed by atoms with Crippen LogP contribution >= 0.6 is 11.6 Å². The van der Waals surface area contributed by atoms with E-state index in [9.17, 15) is 0 Å². The van der Waals surface area contributed by atoms with Crippen LogP contribution in [0.2, 0.25) is 5.02 Å². The molecule has 0 aliphatic rings. The molecule has 0 aromatic heterocycles. The Labute approximate surface area is 144 Å². The summed E-state index contributed by atoms with van der Waals surface area (Å²) in [7, 11) is 0. The minimum absolute atomic E-state index is 0.630. The number of unbranched alkanes of at least 4 members (excludes halogenated alkanes) is 4. The number of rotatable bonds is 10. The van der Waals surface area contributed by atoms with Crippen molar-refractivity contribution in [3.63, 3.8) is 0 Å². The van der Waals surface area contributed by atoms with Crippen LogP contribution in [0.25, 0.3) is 10.8 Å². The maximum atomic E-state index is 6.46. The van der Waals surface area contributed by atoms with E-state index in [-0.39, 0.29) is 0 Å². The quantitative estimate of drug-likeness (QED) is 0.454. The zero-order valence-electron chi connectivity index (χ0n) is 14.2. The van der Waals surface area contributed by atoms with Crippen molar-refractivity contribution in [2.24, 2.45) is 0 Å². The molecule has 0 saturated carbocycles. The zero-order chi connectivity index (χ0) is 16.5. The molecule has 0 aliphatic carbocycles. The Morgan fingerprint density at radius 1 is 0.826 bits per heavy atom. The number of hydrogen-bond acceptors (Lipinski definition) is 2. The lowest BCUT2D eigenvalue weighted by Crippen LogP contribution is -2.01. The highest BCUT2D eigenvalue weighted by atomic mass is 35.5. The van der Waals surface area contributed by atoms with Gasteiger partial charge in [-0.2, -0.15) is 0 Å². The van der Waals surface area contributed by atoms with E-state index in [1.807, 2.05) is 18.2 Å². The molecule has 0 atom stereocenters. The first-order valence-electron chi connectivity index (χ1n) is 8.74. The maximum absolute atomic E-state index is 6.46. The van der Waals surface area contributed by atoms with Gasteiger partial charge in [-0.15, -0.1) is 0 Å². The summed E-state index contributed by atoms with van der Waals surface area (Å²) in [6.45, 7) is 5.81. The predicted octanol–water partition coefficient (Wildman–Crippen LogP) is 6.63. The molecule has 0 bridgehead atoms. The smallest absolute Gasteiger partial charge is 0.145 e. The second-order valence-electron chi connectivity index (χ2n) is 5.84. The second kappa shape index (κ2) is 9.67. The van der Waals surface area contributed by atoms with Gasteiger partial charge in [-0.3, -0.25) is 0 Å². The molecule has 0 saturated heterocycles. The molecule has 2 rings (SSSR count). The van der Waals surface area contributed by atoms with E-state index in [0.717, 1.165) is 41.7 Å². The van der Waals surface area contributed by atoms with Gasteiger partial charge in [0.05, 0.1) is 18.2 Å². The number of ether oxygens (including phenoxy) is 2. The lowest BCUT2D eigenvalue weighted by molar-refractivity contribution is 0.303. The summed E-state index contributed by atoms with van der Waals surface area (Å²) in [5.41, 5.74) is 0. The van der Waals surface area contributed by atoms with Crippen molar-refractivity contribution in [2.45, 2.75) is 52.4 Å². The fourth-order valence-electron chi connectivity index (χ4n) is 2.61. The van der Waals surface area contributed by atoms with E-state index in [1.165, 1.54) is 25.7 Å². The molecule has 0 fully saturated rings. The number of hydrogen-bond donors (Lipinski definition) is 0. The van der Waals surface area contributed by atoms with Crippen molar-refractivity contribution in [1.82, 2.24) is 0 Å². The normalized spacial score (nSPS) is 10.9. The minimum atomic E-state index is 0.630. The Kier molecular flexibility index (Phi) is 7.54. The van der Waals surface area contributed by atoms with Gasteiger partial charge in [0.2, 0.25) is 0 Å². The van der Waals surface area contributed by atoms with Crippen LogP contribution in [0.1, 0.15) is 52.4 Å². The van der Waals surface area contributed by atoms with Gasteiger partial charge in [0.25, 0.3) is 0 Å². The van der Waals surface area contributed by atoms with E-state index in [4.69, 9.17) is 21.1 Å². The Bertz CT molecular complexity index is 610. The Morgan fingerprint density at radius 3 is 2.09 bits per heavy atom. The molecule has 0 amide bonds. The fourth-order valence-corrected chi connectivity index (χ4v) is 2.87. The standard InChI is InChI=1S/C20H27ClO2/c1-3-5-9-13-22-19-15-18(21)20(23-14-10-6-4-2)17-12-8-7-11-16(17)19/h7-8,11-12,15H,3-6,9-10,13-14H2,1-2H3. The van der Waals surface area contributed by atoms with Crippen LogP contribution in [-0.4, -0.2) is 13.2 Å². The highest BCUT2D eigenvalue weighted by molar-refractivity contribution is 6.33. The van der Waals surface area contributed by atoms with Crippen LogP contribution in [0.5, 0.6) is 11.5 Å².